The van der Waals surface area contributed by atoms with Crippen LogP contribution in [-0.4, -0.2) is 50.6 Å². The van der Waals surface area contributed by atoms with E-state index in [2.05, 4.69) is 23.4 Å². The third-order valence-corrected chi connectivity index (χ3v) is 5.72. The molecule has 27 heavy (non-hydrogen) atoms. The summed E-state index contributed by atoms with van der Waals surface area (Å²) < 4.78 is 2.25. The first-order chi connectivity index (χ1) is 12.9. The molecule has 0 atom stereocenters. The molecule has 6 nitrogen and oxygen atoms in total. The number of likely N-dealkylation sites (N-methyl/N-ethyl adjacent to an activating group) is 1. The first-order valence-corrected chi connectivity index (χ1v) is 10.1. The average Bonchev–Trinajstić information content (AvgIpc) is 3.20. The van der Waals surface area contributed by atoms with Gasteiger partial charge in [-0.2, -0.15) is 0 Å². The summed E-state index contributed by atoms with van der Waals surface area (Å²) in [4.78, 5) is 23.8. The van der Waals surface area contributed by atoms with Gasteiger partial charge >= 0.3 is 0 Å². The van der Waals surface area contributed by atoms with Crippen LogP contribution in [0.5, 0.6) is 0 Å². The van der Waals surface area contributed by atoms with Crippen molar-refractivity contribution in [3.8, 4) is 0 Å². The highest BCUT2D eigenvalue weighted by Gasteiger charge is 2.38. The number of aromatic nitrogens is 3. The van der Waals surface area contributed by atoms with E-state index in [0.717, 1.165) is 42.8 Å². The molecule has 148 valence electrons. The van der Waals surface area contributed by atoms with Crippen molar-refractivity contribution in [3.63, 3.8) is 0 Å². The summed E-state index contributed by atoms with van der Waals surface area (Å²) in [7, 11) is 1.78. The summed E-state index contributed by atoms with van der Waals surface area (Å²) in [6.07, 6.45) is 7.62. The second-order valence-corrected chi connectivity index (χ2v) is 8.48. The molecular weight excluding hydrogens is 340 g/mol. The van der Waals surface area contributed by atoms with Gasteiger partial charge in [0.25, 0.3) is 0 Å². The number of nitrogens with zero attached hydrogens (tertiary/aromatic N) is 4. The Morgan fingerprint density at radius 2 is 2.11 bits per heavy atom. The lowest BCUT2D eigenvalue weighted by molar-refractivity contribution is -0.132. The second-order valence-electron chi connectivity index (χ2n) is 8.48. The van der Waals surface area contributed by atoms with E-state index in [1.165, 1.54) is 12.8 Å². The molecule has 2 heterocycles. The van der Waals surface area contributed by atoms with E-state index in [9.17, 15) is 4.79 Å². The van der Waals surface area contributed by atoms with Crippen LogP contribution >= 0.6 is 0 Å². The number of aliphatic hydroxyl groups is 1. The maximum Gasteiger partial charge on any atom is 0.222 e. The molecule has 0 radical (unpaired) electrons. The standard InChI is InChI=1S/C21H32N4O2/c1-16(2)15-25-18(23-17-7-6-10-22-20(17)25)13-21(8-4-5-9-21)14-19(27)24(3)11-12-26/h6-7,10,16,26H,4-5,8-9,11-15H2,1-3H3. The van der Waals surface area contributed by atoms with Gasteiger partial charge in [0.1, 0.15) is 11.3 Å². The molecule has 0 unspecified atom stereocenters. The second kappa shape index (κ2) is 8.38. The zero-order valence-electron chi connectivity index (χ0n) is 16.8. The van der Waals surface area contributed by atoms with Crippen molar-refractivity contribution >= 4 is 17.1 Å². The SMILES string of the molecule is CC(C)Cn1c(CC2(CC(=O)N(C)CCO)CCCC2)nc2cccnc21. The molecule has 1 fully saturated rings. The van der Waals surface area contributed by atoms with Gasteiger partial charge in [0.2, 0.25) is 5.91 Å². The summed E-state index contributed by atoms with van der Waals surface area (Å²) in [6, 6.07) is 3.95. The van der Waals surface area contributed by atoms with Crippen LogP contribution in [0.1, 0.15) is 51.8 Å². The summed E-state index contributed by atoms with van der Waals surface area (Å²) in [5.41, 5.74) is 1.85. The Balaban J connectivity index is 1.89. The van der Waals surface area contributed by atoms with Crippen LogP contribution in [0.3, 0.4) is 0 Å². The number of amides is 1. The first kappa shape index (κ1) is 19.8. The number of aliphatic hydroxyl groups excluding tert-OH is 1. The van der Waals surface area contributed by atoms with Crippen LogP contribution in [-0.2, 0) is 17.8 Å². The van der Waals surface area contributed by atoms with Crippen molar-refractivity contribution in [2.45, 2.75) is 58.9 Å². The van der Waals surface area contributed by atoms with Crippen LogP contribution in [0.2, 0.25) is 0 Å². The predicted molar refractivity (Wildman–Crippen MR) is 106 cm³/mol. The molecule has 2 aromatic rings. The fourth-order valence-corrected chi connectivity index (χ4v) is 4.30. The van der Waals surface area contributed by atoms with E-state index in [1.54, 1.807) is 11.9 Å². The smallest absolute Gasteiger partial charge is 0.222 e. The molecule has 0 aliphatic heterocycles. The first-order valence-electron chi connectivity index (χ1n) is 10.1. The van der Waals surface area contributed by atoms with E-state index in [4.69, 9.17) is 10.1 Å². The number of hydrogen-bond acceptors (Lipinski definition) is 4. The van der Waals surface area contributed by atoms with Crippen LogP contribution in [0.25, 0.3) is 11.2 Å². The Hall–Kier alpha value is -1.95. The van der Waals surface area contributed by atoms with E-state index >= 15 is 0 Å². The number of rotatable bonds is 8. The number of carbonyl (C=O) groups is 1. The topological polar surface area (TPSA) is 71.2 Å². The third-order valence-electron chi connectivity index (χ3n) is 5.72. The van der Waals surface area contributed by atoms with Gasteiger partial charge in [-0.3, -0.25) is 4.79 Å². The molecule has 0 bridgehead atoms. The highest BCUT2D eigenvalue weighted by molar-refractivity contribution is 5.77. The molecular formula is C21H32N4O2. The molecule has 1 aliphatic rings. The van der Waals surface area contributed by atoms with Crippen LogP contribution < -0.4 is 0 Å². The van der Waals surface area contributed by atoms with Gasteiger partial charge < -0.3 is 14.6 Å². The van der Waals surface area contributed by atoms with Crippen molar-refractivity contribution in [2.75, 3.05) is 20.2 Å². The van der Waals surface area contributed by atoms with E-state index < -0.39 is 0 Å². The molecule has 1 amide bonds. The zero-order chi connectivity index (χ0) is 19.4. The lowest BCUT2D eigenvalue weighted by atomic mass is 9.78. The van der Waals surface area contributed by atoms with E-state index in [0.29, 0.717) is 18.9 Å². The fourth-order valence-electron chi connectivity index (χ4n) is 4.30. The number of imidazole rings is 1. The van der Waals surface area contributed by atoms with Gasteiger partial charge in [-0.25, -0.2) is 9.97 Å². The Morgan fingerprint density at radius 1 is 1.37 bits per heavy atom. The lowest BCUT2D eigenvalue weighted by Gasteiger charge is -2.30. The van der Waals surface area contributed by atoms with Crippen LogP contribution in [0, 0.1) is 11.3 Å². The maximum absolute atomic E-state index is 12.7. The summed E-state index contributed by atoms with van der Waals surface area (Å²) in [6.45, 7) is 5.70. The van der Waals surface area contributed by atoms with E-state index in [-0.39, 0.29) is 17.9 Å². The Bertz CT molecular complexity index is 778. The van der Waals surface area contributed by atoms with Crippen molar-refractivity contribution in [1.29, 1.82) is 0 Å². The van der Waals surface area contributed by atoms with Crippen molar-refractivity contribution in [3.05, 3.63) is 24.2 Å². The minimum absolute atomic E-state index is 0.00505. The van der Waals surface area contributed by atoms with E-state index in [1.807, 2.05) is 18.3 Å². The molecule has 6 heteroatoms. The van der Waals surface area contributed by atoms with Crippen LogP contribution in [0.4, 0.5) is 0 Å². The van der Waals surface area contributed by atoms with Gasteiger partial charge in [-0.1, -0.05) is 26.7 Å². The summed E-state index contributed by atoms with van der Waals surface area (Å²) in [5, 5.41) is 9.13. The molecule has 0 aromatic carbocycles. The van der Waals surface area contributed by atoms with Gasteiger partial charge in [0, 0.05) is 39.2 Å². The molecule has 3 rings (SSSR count). The Morgan fingerprint density at radius 3 is 2.78 bits per heavy atom. The highest BCUT2D eigenvalue weighted by Crippen LogP contribution is 2.44. The van der Waals surface area contributed by atoms with Crippen LogP contribution in [0.15, 0.2) is 18.3 Å². The minimum atomic E-state index is -0.0308. The van der Waals surface area contributed by atoms with Gasteiger partial charge in [-0.15, -0.1) is 0 Å². The monoisotopic (exact) mass is 372 g/mol. The normalized spacial score (nSPS) is 16.3. The molecule has 2 aromatic heterocycles. The largest absolute Gasteiger partial charge is 0.395 e. The molecule has 1 aliphatic carbocycles. The number of pyridine rings is 1. The average molecular weight is 373 g/mol. The third kappa shape index (κ3) is 4.49. The van der Waals surface area contributed by atoms with Crippen molar-refractivity contribution < 1.29 is 9.90 Å². The predicted octanol–water partition coefficient (Wildman–Crippen LogP) is 3.03. The fraction of sp³-hybridized carbons (Fsp3) is 0.667. The molecule has 1 N–H and O–H groups in total. The van der Waals surface area contributed by atoms with Crippen molar-refractivity contribution in [1.82, 2.24) is 19.4 Å². The number of hydrogen-bond donors (Lipinski definition) is 1. The Kier molecular flexibility index (Phi) is 6.15. The summed E-state index contributed by atoms with van der Waals surface area (Å²) >= 11 is 0. The maximum atomic E-state index is 12.7. The quantitative estimate of drug-likeness (QED) is 0.773. The Labute approximate surface area is 161 Å². The van der Waals surface area contributed by atoms with Crippen molar-refractivity contribution in [2.24, 2.45) is 11.3 Å². The number of carbonyl (C=O) groups excluding carboxylic acids is 1. The molecule has 0 spiro atoms. The lowest BCUT2D eigenvalue weighted by Crippen LogP contribution is -2.35. The van der Waals surface area contributed by atoms with Gasteiger partial charge in [0.05, 0.1) is 6.61 Å². The summed E-state index contributed by atoms with van der Waals surface area (Å²) in [5.74, 6) is 1.67. The molecule has 0 saturated heterocycles. The zero-order valence-corrected chi connectivity index (χ0v) is 16.8. The number of fused-ring (bicyclic) bond motifs is 1. The van der Waals surface area contributed by atoms with Gasteiger partial charge in [0.15, 0.2) is 5.65 Å². The van der Waals surface area contributed by atoms with Gasteiger partial charge in [-0.05, 0) is 36.3 Å². The minimum Gasteiger partial charge on any atom is -0.395 e. The highest BCUT2D eigenvalue weighted by atomic mass is 16.3. The molecule has 1 saturated carbocycles.